The molecular formula is C14H28ClN. The molecule has 0 aromatic rings. The Balaban J connectivity index is 2.61. The van der Waals surface area contributed by atoms with Crippen molar-refractivity contribution in [1.82, 2.24) is 4.90 Å². The third-order valence-electron chi connectivity index (χ3n) is 4.00. The number of alkyl halides is 1. The zero-order valence-electron chi connectivity index (χ0n) is 11.6. The number of likely N-dealkylation sites (tertiary alicyclic amines) is 1. The third-order valence-corrected chi connectivity index (χ3v) is 4.29. The minimum atomic E-state index is 0.282. The van der Waals surface area contributed by atoms with Crippen molar-refractivity contribution < 1.29 is 0 Å². The van der Waals surface area contributed by atoms with Crippen molar-refractivity contribution in [2.75, 3.05) is 13.1 Å². The Morgan fingerprint density at radius 2 is 2.00 bits per heavy atom. The molecule has 1 nitrogen and oxygen atoms in total. The van der Waals surface area contributed by atoms with E-state index in [-0.39, 0.29) is 5.38 Å². The van der Waals surface area contributed by atoms with Gasteiger partial charge in [-0.3, -0.25) is 4.90 Å². The summed E-state index contributed by atoms with van der Waals surface area (Å²) in [5.41, 5.74) is 0.422. The molecule has 0 aromatic heterocycles. The molecule has 0 bridgehead atoms. The number of hydrogen-bond donors (Lipinski definition) is 0. The maximum Gasteiger partial charge on any atom is 0.0463 e. The van der Waals surface area contributed by atoms with Gasteiger partial charge in [0.05, 0.1) is 0 Å². The molecular weight excluding hydrogens is 218 g/mol. The summed E-state index contributed by atoms with van der Waals surface area (Å²) in [5.74, 6) is 0.801. The maximum atomic E-state index is 6.33. The molecule has 0 aromatic carbocycles. The van der Waals surface area contributed by atoms with E-state index in [1.807, 2.05) is 0 Å². The molecule has 0 aliphatic carbocycles. The molecule has 3 atom stereocenters. The highest BCUT2D eigenvalue weighted by molar-refractivity contribution is 6.20. The van der Waals surface area contributed by atoms with Gasteiger partial charge < -0.3 is 0 Å². The van der Waals surface area contributed by atoms with E-state index in [1.54, 1.807) is 0 Å². The minimum absolute atomic E-state index is 0.282. The average Bonchev–Trinajstić information content (AvgIpc) is 2.57. The molecule has 0 saturated carbocycles. The number of rotatable bonds is 4. The third kappa shape index (κ3) is 3.63. The standard InChI is InChI=1S/C14H28ClN/c1-6-7-8-16-10-12(14(3,4)5)9-13(16)11(2)15/h11-13H,6-10H2,1-5H3. The van der Waals surface area contributed by atoms with E-state index >= 15 is 0 Å². The molecule has 1 aliphatic rings. The molecule has 96 valence electrons. The largest absolute Gasteiger partial charge is 0.299 e. The first-order valence-corrected chi connectivity index (χ1v) is 7.18. The molecule has 1 aliphatic heterocycles. The van der Waals surface area contributed by atoms with Crippen LogP contribution in [0.2, 0.25) is 0 Å². The van der Waals surface area contributed by atoms with Crippen LogP contribution in [0.1, 0.15) is 53.9 Å². The van der Waals surface area contributed by atoms with Crippen LogP contribution in [-0.4, -0.2) is 29.4 Å². The molecule has 0 radical (unpaired) electrons. The predicted octanol–water partition coefficient (Wildman–Crippen LogP) is 4.15. The van der Waals surface area contributed by atoms with Crippen LogP contribution in [0.25, 0.3) is 0 Å². The highest BCUT2D eigenvalue weighted by Crippen LogP contribution is 2.38. The molecule has 1 heterocycles. The zero-order valence-corrected chi connectivity index (χ0v) is 12.3. The van der Waals surface area contributed by atoms with Gasteiger partial charge in [0.15, 0.2) is 0 Å². The fraction of sp³-hybridized carbons (Fsp3) is 1.00. The monoisotopic (exact) mass is 245 g/mol. The second-order valence-corrected chi connectivity index (χ2v) is 7.08. The smallest absolute Gasteiger partial charge is 0.0463 e. The summed E-state index contributed by atoms with van der Waals surface area (Å²) >= 11 is 6.33. The molecule has 1 rings (SSSR count). The van der Waals surface area contributed by atoms with Crippen LogP contribution in [-0.2, 0) is 0 Å². The van der Waals surface area contributed by atoms with Crippen molar-refractivity contribution in [3.63, 3.8) is 0 Å². The van der Waals surface area contributed by atoms with Crippen LogP contribution < -0.4 is 0 Å². The Morgan fingerprint density at radius 3 is 2.44 bits per heavy atom. The molecule has 2 heteroatoms. The van der Waals surface area contributed by atoms with Gasteiger partial charge in [-0.15, -0.1) is 11.6 Å². The summed E-state index contributed by atoms with van der Waals surface area (Å²) in [6.07, 6.45) is 3.86. The van der Waals surface area contributed by atoms with E-state index in [2.05, 4.69) is 39.5 Å². The van der Waals surface area contributed by atoms with Crippen LogP contribution in [0.5, 0.6) is 0 Å². The lowest BCUT2D eigenvalue weighted by atomic mass is 9.79. The van der Waals surface area contributed by atoms with E-state index in [0.29, 0.717) is 11.5 Å². The number of halogens is 1. The van der Waals surface area contributed by atoms with Gasteiger partial charge in [0.25, 0.3) is 0 Å². The summed E-state index contributed by atoms with van der Waals surface area (Å²) in [6.45, 7) is 14.0. The van der Waals surface area contributed by atoms with E-state index in [0.717, 1.165) is 5.92 Å². The lowest BCUT2D eigenvalue weighted by molar-refractivity contribution is 0.216. The summed E-state index contributed by atoms with van der Waals surface area (Å²) < 4.78 is 0. The number of nitrogens with zero attached hydrogens (tertiary/aromatic N) is 1. The quantitative estimate of drug-likeness (QED) is 0.673. The first-order chi connectivity index (χ1) is 7.36. The topological polar surface area (TPSA) is 3.24 Å². The maximum absolute atomic E-state index is 6.33. The minimum Gasteiger partial charge on any atom is -0.299 e. The molecule has 1 fully saturated rings. The van der Waals surface area contributed by atoms with E-state index in [1.165, 1.54) is 32.4 Å². The second-order valence-electron chi connectivity index (χ2n) is 6.39. The van der Waals surface area contributed by atoms with Gasteiger partial charge in [-0.2, -0.15) is 0 Å². The van der Waals surface area contributed by atoms with Crippen molar-refractivity contribution in [2.24, 2.45) is 11.3 Å². The van der Waals surface area contributed by atoms with Gasteiger partial charge in [0.2, 0.25) is 0 Å². The fourth-order valence-corrected chi connectivity index (χ4v) is 2.92. The van der Waals surface area contributed by atoms with Gasteiger partial charge >= 0.3 is 0 Å². The van der Waals surface area contributed by atoms with Crippen LogP contribution in [0.15, 0.2) is 0 Å². The lowest BCUT2D eigenvalue weighted by Crippen LogP contribution is -2.35. The SMILES string of the molecule is CCCCN1CC(C(C)(C)C)CC1C(C)Cl. The van der Waals surface area contributed by atoms with Crippen molar-refractivity contribution in [3.8, 4) is 0 Å². The Bertz CT molecular complexity index is 207. The Kier molecular flexibility index (Phi) is 5.12. The van der Waals surface area contributed by atoms with Crippen LogP contribution >= 0.6 is 11.6 Å². The molecule has 3 unspecified atom stereocenters. The summed E-state index contributed by atoms with van der Waals surface area (Å²) in [5, 5.41) is 0.282. The summed E-state index contributed by atoms with van der Waals surface area (Å²) in [7, 11) is 0. The molecule has 1 saturated heterocycles. The lowest BCUT2D eigenvalue weighted by Gasteiger charge is -2.27. The summed E-state index contributed by atoms with van der Waals surface area (Å²) in [6, 6.07) is 0.595. The van der Waals surface area contributed by atoms with E-state index < -0.39 is 0 Å². The second kappa shape index (κ2) is 5.73. The Hall–Kier alpha value is 0.250. The van der Waals surface area contributed by atoms with Crippen molar-refractivity contribution in [3.05, 3.63) is 0 Å². The number of hydrogen-bond acceptors (Lipinski definition) is 1. The van der Waals surface area contributed by atoms with Gasteiger partial charge in [-0.1, -0.05) is 34.1 Å². The van der Waals surface area contributed by atoms with Crippen LogP contribution in [0.4, 0.5) is 0 Å². The zero-order chi connectivity index (χ0) is 12.3. The molecule has 16 heavy (non-hydrogen) atoms. The highest BCUT2D eigenvalue weighted by Gasteiger charge is 2.39. The molecule has 0 spiro atoms. The van der Waals surface area contributed by atoms with E-state index in [9.17, 15) is 0 Å². The first kappa shape index (κ1) is 14.3. The summed E-state index contributed by atoms with van der Waals surface area (Å²) in [4.78, 5) is 2.62. The highest BCUT2D eigenvalue weighted by atomic mass is 35.5. The first-order valence-electron chi connectivity index (χ1n) is 6.74. The van der Waals surface area contributed by atoms with Gasteiger partial charge in [-0.05, 0) is 37.6 Å². The average molecular weight is 246 g/mol. The van der Waals surface area contributed by atoms with Crippen molar-refractivity contribution in [1.29, 1.82) is 0 Å². The van der Waals surface area contributed by atoms with Gasteiger partial charge in [0.1, 0.15) is 0 Å². The Morgan fingerprint density at radius 1 is 1.38 bits per heavy atom. The molecule has 0 N–H and O–H groups in total. The Labute approximate surface area is 107 Å². The number of unbranched alkanes of at least 4 members (excludes halogenated alkanes) is 1. The van der Waals surface area contributed by atoms with Crippen LogP contribution in [0.3, 0.4) is 0 Å². The molecule has 0 amide bonds. The van der Waals surface area contributed by atoms with Gasteiger partial charge in [-0.25, -0.2) is 0 Å². The van der Waals surface area contributed by atoms with Gasteiger partial charge in [0, 0.05) is 18.0 Å². The van der Waals surface area contributed by atoms with E-state index in [4.69, 9.17) is 11.6 Å². The normalized spacial score (nSPS) is 29.6. The van der Waals surface area contributed by atoms with Crippen molar-refractivity contribution in [2.45, 2.75) is 65.3 Å². The van der Waals surface area contributed by atoms with Crippen molar-refractivity contribution >= 4 is 11.6 Å². The fourth-order valence-electron chi connectivity index (χ4n) is 2.66. The van der Waals surface area contributed by atoms with Crippen LogP contribution in [0, 0.1) is 11.3 Å². The predicted molar refractivity (Wildman–Crippen MR) is 73.1 cm³/mol.